The van der Waals surface area contributed by atoms with E-state index < -0.39 is 5.41 Å². The standard InChI is InChI=1S/C22H33N3O4/c1-5-6-15-29-18-9-7-17(8-10-18)20(27)23-16-19(26)24-11-13-25(14-12-24)21(28)22(2,3)4/h7-10H,5-6,11-16H2,1-4H3,(H,23,27). The van der Waals surface area contributed by atoms with E-state index in [4.69, 9.17) is 4.74 Å². The first-order chi connectivity index (χ1) is 13.7. The third kappa shape index (κ3) is 6.76. The van der Waals surface area contributed by atoms with E-state index in [1.165, 1.54) is 0 Å². The van der Waals surface area contributed by atoms with Gasteiger partial charge in [0.1, 0.15) is 5.75 Å². The summed E-state index contributed by atoms with van der Waals surface area (Å²) < 4.78 is 5.58. The fraction of sp³-hybridized carbons (Fsp3) is 0.591. The summed E-state index contributed by atoms with van der Waals surface area (Å²) in [7, 11) is 0. The molecule has 0 aromatic heterocycles. The third-order valence-electron chi connectivity index (χ3n) is 4.84. The van der Waals surface area contributed by atoms with Crippen LogP contribution in [0.4, 0.5) is 0 Å². The average Bonchev–Trinajstić information content (AvgIpc) is 2.71. The molecule has 7 heteroatoms. The Morgan fingerprint density at radius 3 is 2.14 bits per heavy atom. The van der Waals surface area contributed by atoms with E-state index in [1.54, 1.807) is 34.1 Å². The van der Waals surface area contributed by atoms with Gasteiger partial charge in [-0.1, -0.05) is 34.1 Å². The summed E-state index contributed by atoms with van der Waals surface area (Å²) in [6, 6.07) is 6.91. The highest BCUT2D eigenvalue weighted by molar-refractivity contribution is 5.96. The highest BCUT2D eigenvalue weighted by Gasteiger charge is 2.30. The van der Waals surface area contributed by atoms with Crippen molar-refractivity contribution in [2.45, 2.75) is 40.5 Å². The van der Waals surface area contributed by atoms with Crippen LogP contribution in [0.1, 0.15) is 50.9 Å². The molecule has 0 unspecified atom stereocenters. The number of amides is 3. The van der Waals surface area contributed by atoms with Crippen LogP contribution in [-0.2, 0) is 9.59 Å². The molecule has 1 N–H and O–H groups in total. The van der Waals surface area contributed by atoms with Gasteiger partial charge in [-0.2, -0.15) is 0 Å². The molecule has 0 spiro atoms. The molecule has 1 aromatic carbocycles. The number of hydrogen-bond donors (Lipinski definition) is 1. The minimum Gasteiger partial charge on any atom is -0.494 e. The molecule has 0 aliphatic carbocycles. The van der Waals surface area contributed by atoms with Gasteiger partial charge in [0.15, 0.2) is 0 Å². The van der Waals surface area contributed by atoms with Crippen molar-refractivity contribution in [3.63, 3.8) is 0 Å². The summed E-state index contributed by atoms with van der Waals surface area (Å²) >= 11 is 0. The van der Waals surface area contributed by atoms with Crippen LogP contribution >= 0.6 is 0 Å². The van der Waals surface area contributed by atoms with E-state index >= 15 is 0 Å². The first kappa shape index (κ1) is 22.7. The SMILES string of the molecule is CCCCOc1ccc(C(=O)NCC(=O)N2CCN(C(=O)C(C)(C)C)CC2)cc1. The minimum atomic E-state index is -0.420. The van der Waals surface area contributed by atoms with Crippen molar-refractivity contribution < 1.29 is 19.1 Å². The van der Waals surface area contributed by atoms with Gasteiger partial charge in [-0.05, 0) is 30.7 Å². The lowest BCUT2D eigenvalue weighted by atomic mass is 9.94. The highest BCUT2D eigenvalue weighted by Crippen LogP contribution is 2.18. The monoisotopic (exact) mass is 403 g/mol. The lowest BCUT2D eigenvalue weighted by Crippen LogP contribution is -2.54. The topological polar surface area (TPSA) is 79.0 Å². The number of hydrogen-bond acceptors (Lipinski definition) is 4. The quantitative estimate of drug-likeness (QED) is 0.709. The lowest BCUT2D eigenvalue weighted by Gasteiger charge is -2.37. The molecule has 7 nitrogen and oxygen atoms in total. The Labute approximate surface area is 173 Å². The van der Waals surface area contributed by atoms with E-state index in [1.807, 2.05) is 20.8 Å². The molecule has 1 aliphatic rings. The van der Waals surface area contributed by atoms with Crippen molar-refractivity contribution in [2.24, 2.45) is 5.41 Å². The van der Waals surface area contributed by atoms with Crippen LogP contribution in [0.5, 0.6) is 5.75 Å². The van der Waals surface area contributed by atoms with Gasteiger partial charge in [0.2, 0.25) is 11.8 Å². The normalized spacial score (nSPS) is 14.5. The van der Waals surface area contributed by atoms with Gasteiger partial charge >= 0.3 is 0 Å². The number of ether oxygens (including phenoxy) is 1. The van der Waals surface area contributed by atoms with Crippen molar-refractivity contribution in [2.75, 3.05) is 39.3 Å². The fourth-order valence-electron chi connectivity index (χ4n) is 3.04. The molecular formula is C22H33N3O4. The Hall–Kier alpha value is -2.57. The maximum atomic E-state index is 12.4. The fourth-order valence-corrected chi connectivity index (χ4v) is 3.04. The van der Waals surface area contributed by atoms with Gasteiger partial charge in [-0.15, -0.1) is 0 Å². The maximum Gasteiger partial charge on any atom is 0.251 e. The second-order valence-electron chi connectivity index (χ2n) is 8.33. The van der Waals surface area contributed by atoms with Crippen LogP contribution in [0.2, 0.25) is 0 Å². The van der Waals surface area contributed by atoms with Crippen LogP contribution < -0.4 is 10.1 Å². The number of nitrogens with zero attached hydrogens (tertiary/aromatic N) is 2. The van der Waals surface area contributed by atoms with E-state index in [0.717, 1.165) is 18.6 Å². The molecule has 0 atom stereocenters. The van der Waals surface area contributed by atoms with Crippen molar-refractivity contribution in [1.29, 1.82) is 0 Å². The predicted molar refractivity (Wildman–Crippen MR) is 112 cm³/mol. The molecule has 160 valence electrons. The minimum absolute atomic E-state index is 0.0548. The summed E-state index contributed by atoms with van der Waals surface area (Å²) in [5.41, 5.74) is 0.0674. The third-order valence-corrected chi connectivity index (χ3v) is 4.84. The number of benzene rings is 1. The molecule has 1 fully saturated rings. The van der Waals surface area contributed by atoms with Crippen molar-refractivity contribution in [3.05, 3.63) is 29.8 Å². The van der Waals surface area contributed by atoms with Gasteiger partial charge in [0.05, 0.1) is 13.2 Å². The number of piperazine rings is 1. The Morgan fingerprint density at radius 1 is 1.00 bits per heavy atom. The molecule has 0 radical (unpaired) electrons. The summed E-state index contributed by atoms with van der Waals surface area (Å²) in [6.45, 7) is 10.4. The molecule has 0 saturated carbocycles. The smallest absolute Gasteiger partial charge is 0.251 e. The van der Waals surface area contributed by atoms with Gasteiger partial charge in [-0.25, -0.2) is 0 Å². The Balaban J connectivity index is 1.76. The first-order valence-corrected chi connectivity index (χ1v) is 10.3. The Morgan fingerprint density at radius 2 is 1.59 bits per heavy atom. The number of nitrogens with one attached hydrogen (secondary N) is 1. The van der Waals surface area contributed by atoms with E-state index in [0.29, 0.717) is 38.3 Å². The summed E-state index contributed by atoms with van der Waals surface area (Å²) in [4.78, 5) is 40.5. The summed E-state index contributed by atoms with van der Waals surface area (Å²) in [5.74, 6) is 0.398. The molecule has 29 heavy (non-hydrogen) atoms. The zero-order chi connectivity index (χ0) is 21.4. The van der Waals surface area contributed by atoms with Crippen molar-refractivity contribution in [3.8, 4) is 5.75 Å². The molecule has 1 aliphatic heterocycles. The Bertz CT molecular complexity index is 702. The Kier molecular flexibility index (Phi) is 8.05. The molecule has 3 amide bonds. The molecule has 1 heterocycles. The largest absolute Gasteiger partial charge is 0.494 e. The maximum absolute atomic E-state index is 12.4. The number of unbranched alkanes of at least 4 members (excludes halogenated alkanes) is 1. The van der Waals surface area contributed by atoms with Crippen LogP contribution in [0, 0.1) is 5.41 Å². The number of carbonyl (C=O) groups excluding carboxylic acids is 3. The first-order valence-electron chi connectivity index (χ1n) is 10.3. The summed E-state index contributed by atoms with van der Waals surface area (Å²) in [6.07, 6.45) is 2.05. The van der Waals surface area contributed by atoms with Crippen molar-refractivity contribution >= 4 is 17.7 Å². The van der Waals surface area contributed by atoms with E-state index in [-0.39, 0.29) is 24.3 Å². The molecule has 1 aromatic rings. The number of carbonyl (C=O) groups is 3. The second kappa shape index (κ2) is 10.3. The molecule has 2 rings (SSSR count). The van der Waals surface area contributed by atoms with Gasteiger partial charge in [0, 0.05) is 37.2 Å². The summed E-state index contributed by atoms with van der Waals surface area (Å²) in [5, 5.41) is 2.67. The zero-order valence-electron chi connectivity index (χ0n) is 18.0. The van der Waals surface area contributed by atoms with Crippen LogP contribution in [0.3, 0.4) is 0 Å². The lowest BCUT2D eigenvalue weighted by molar-refractivity contribution is -0.144. The van der Waals surface area contributed by atoms with E-state index in [9.17, 15) is 14.4 Å². The average molecular weight is 404 g/mol. The second-order valence-corrected chi connectivity index (χ2v) is 8.33. The zero-order valence-corrected chi connectivity index (χ0v) is 18.0. The van der Waals surface area contributed by atoms with Gasteiger partial charge < -0.3 is 19.9 Å². The van der Waals surface area contributed by atoms with Crippen LogP contribution in [0.25, 0.3) is 0 Å². The predicted octanol–water partition coefficient (Wildman–Crippen LogP) is 2.31. The molecule has 1 saturated heterocycles. The van der Waals surface area contributed by atoms with E-state index in [2.05, 4.69) is 12.2 Å². The molecular weight excluding hydrogens is 370 g/mol. The van der Waals surface area contributed by atoms with Crippen molar-refractivity contribution in [1.82, 2.24) is 15.1 Å². The van der Waals surface area contributed by atoms with Crippen LogP contribution in [-0.4, -0.2) is 66.9 Å². The highest BCUT2D eigenvalue weighted by atomic mass is 16.5. The van der Waals surface area contributed by atoms with Gasteiger partial charge in [0.25, 0.3) is 5.91 Å². The van der Waals surface area contributed by atoms with Crippen LogP contribution in [0.15, 0.2) is 24.3 Å². The van der Waals surface area contributed by atoms with Gasteiger partial charge in [-0.3, -0.25) is 14.4 Å². The number of rotatable bonds is 7. The molecule has 0 bridgehead atoms.